The summed E-state index contributed by atoms with van der Waals surface area (Å²) in [6, 6.07) is 11.9. The summed E-state index contributed by atoms with van der Waals surface area (Å²) in [6.07, 6.45) is 3.93. The number of nitrogen functional groups attached to an aromatic ring is 1. The fourth-order valence-electron chi connectivity index (χ4n) is 1.94. The molecule has 0 amide bonds. The zero-order chi connectivity index (χ0) is 12.8. The number of aromatic amines is 1. The highest BCUT2D eigenvalue weighted by Crippen LogP contribution is 2.07. The number of hydrogen-bond donors (Lipinski definition) is 2. The molecule has 0 atom stereocenters. The maximum absolute atomic E-state index is 11.2. The van der Waals surface area contributed by atoms with E-state index in [1.165, 1.54) is 11.6 Å². The lowest BCUT2D eigenvalue weighted by atomic mass is 10.1. The third-order valence-electron chi connectivity index (χ3n) is 2.80. The molecule has 2 aromatic rings. The fourth-order valence-corrected chi connectivity index (χ4v) is 1.94. The summed E-state index contributed by atoms with van der Waals surface area (Å²) in [6.45, 7) is 0. The summed E-state index contributed by atoms with van der Waals surface area (Å²) in [5, 5.41) is 0. The van der Waals surface area contributed by atoms with Crippen molar-refractivity contribution in [3.05, 3.63) is 58.0 Å². The third kappa shape index (κ3) is 3.73. The second kappa shape index (κ2) is 6.00. The van der Waals surface area contributed by atoms with Gasteiger partial charge >= 0.3 is 0 Å². The molecular formula is C14H17N3O. The molecule has 0 fully saturated rings. The first-order valence-electron chi connectivity index (χ1n) is 6.14. The second-order valence-corrected chi connectivity index (χ2v) is 4.31. The molecular weight excluding hydrogens is 226 g/mol. The molecule has 1 heterocycles. The molecule has 0 spiro atoms. The predicted molar refractivity (Wildman–Crippen MR) is 72.4 cm³/mol. The van der Waals surface area contributed by atoms with Crippen LogP contribution < -0.4 is 11.3 Å². The number of aromatic nitrogens is 2. The van der Waals surface area contributed by atoms with E-state index in [4.69, 9.17) is 5.73 Å². The van der Waals surface area contributed by atoms with Crippen LogP contribution in [0, 0.1) is 0 Å². The zero-order valence-corrected chi connectivity index (χ0v) is 10.2. The first kappa shape index (κ1) is 12.4. The topological polar surface area (TPSA) is 71.8 Å². The average molecular weight is 243 g/mol. The molecule has 0 saturated carbocycles. The Morgan fingerprint density at radius 3 is 2.56 bits per heavy atom. The predicted octanol–water partition coefficient (Wildman–Crippen LogP) is 1.92. The van der Waals surface area contributed by atoms with Gasteiger partial charge in [-0.3, -0.25) is 9.78 Å². The first-order valence-corrected chi connectivity index (χ1v) is 6.14. The van der Waals surface area contributed by atoms with E-state index in [1.807, 2.05) is 18.2 Å². The number of rotatable bonds is 5. The standard InChI is InChI=1S/C14H17N3O/c15-14-16-12(10-13(18)17-14)9-5-4-8-11-6-2-1-3-7-11/h1-3,6-7,10H,4-5,8-9H2,(H3,15,16,17,18). The monoisotopic (exact) mass is 243 g/mol. The van der Waals surface area contributed by atoms with E-state index in [-0.39, 0.29) is 11.5 Å². The maximum Gasteiger partial charge on any atom is 0.252 e. The molecule has 0 aliphatic heterocycles. The lowest BCUT2D eigenvalue weighted by Crippen LogP contribution is -2.12. The average Bonchev–Trinajstić information content (AvgIpc) is 2.35. The van der Waals surface area contributed by atoms with Gasteiger partial charge in [0.2, 0.25) is 5.95 Å². The number of hydrogen-bond acceptors (Lipinski definition) is 3. The lowest BCUT2D eigenvalue weighted by molar-refractivity contribution is 0.721. The highest BCUT2D eigenvalue weighted by molar-refractivity contribution is 5.17. The Morgan fingerprint density at radius 2 is 1.83 bits per heavy atom. The van der Waals surface area contributed by atoms with Crippen molar-refractivity contribution in [2.45, 2.75) is 25.7 Å². The Hall–Kier alpha value is -2.10. The molecule has 1 aromatic heterocycles. The molecule has 0 unspecified atom stereocenters. The van der Waals surface area contributed by atoms with Gasteiger partial charge in [-0.05, 0) is 31.2 Å². The minimum atomic E-state index is -0.180. The van der Waals surface area contributed by atoms with E-state index < -0.39 is 0 Å². The second-order valence-electron chi connectivity index (χ2n) is 4.31. The normalized spacial score (nSPS) is 10.4. The molecule has 0 bridgehead atoms. The van der Waals surface area contributed by atoms with Crippen LogP contribution in [0.5, 0.6) is 0 Å². The molecule has 4 nitrogen and oxygen atoms in total. The summed E-state index contributed by atoms with van der Waals surface area (Å²) >= 11 is 0. The Morgan fingerprint density at radius 1 is 1.11 bits per heavy atom. The van der Waals surface area contributed by atoms with Crippen LogP contribution in [0.1, 0.15) is 24.1 Å². The number of benzene rings is 1. The van der Waals surface area contributed by atoms with Crippen molar-refractivity contribution in [1.29, 1.82) is 0 Å². The van der Waals surface area contributed by atoms with E-state index in [0.717, 1.165) is 31.4 Å². The van der Waals surface area contributed by atoms with E-state index >= 15 is 0 Å². The molecule has 2 rings (SSSR count). The number of unbranched alkanes of at least 4 members (excludes halogenated alkanes) is 1. The summed E-state index contributed by atoms with van der Waals surface area (Å²) in [5.41, 5.74) is 7.42. The summed E-state index contributed by atoms with van der Waals surface area (Å²) in [5.74, 6) is 0.195. The van der Waals surface area contributed by atoms with Crippen LogP contribution in [0.2, 0.25) is 0 Å². The van der Waals surface area contributed by atoms with Gasteiger partial charge in [0.1, 0.15) is 0 Å². The maximum atomic E-state index is 11.2. The van der Waals surface area contributed by atoms with Crippen molar-refractivity contribution >= 4 is 5.95 Å². The largest absolute Gasteiger partial charge is 0.369 e. The molecule has 0 saturated heterocycles. The van der Waals surface area contributed by atoms with Gasteiger partial charge in [0, 0.05) is 11.8 Å². The van der Waals surface area contributed by atoms with Crippen LogP contribution >= 0.6 is 0 Å². The SMILES string of the molecule is Nc1nc(CCCCc2ccccc2)cc(=O)[nH]1. The molecule has 18 heavy (non-hydrogen) atoms. The number of H-pyrrole nitrogens is 1. The number of anilines is 1. The number of aryl methyl sites for hydroxylation is 2. The lowest BCUT2D eigenvalue weighted by Gasteiger charge is -2.02. The van der Waals surface area contributed by atoms with Gasteiger partial charge in [-0.25, -0.2) is 4.98 Å². The van der Waals surface area contributed by atoms with Gasteiger partial charge in [-0.1, -0.05) is 30.3 Å². The van der Waals surface area contributed by atoms with Crippen LogP contribution in [-0.2, 0) is 12.8 Å². The highest BCUT2D eigenvalue weighted by atomic mass is 16.1. The van der Waals surface area contributed by atoms with Gasteiger partial charge in [0.15, 0.2) is 0 Å². The van der Waals surface area contributed by atoms with E-state index in [0.29, 0.717) is 0 Å². The van der Waals surface area contributed by atoms with Crippen molar-refractivity contribution in [1.82, 2.24) is 9.97 Å². The Kier molecular flexibility index (Phi) is 4.12. The van der Waals surface area contributed by atoms with Gasteiger partial charge < -0.3 is 5.73 Å². The molecule has 94 valence electrons. The smallest absolute Gasteiger partial charge is 0.252 e. The van der Waals surface area contributed by atoms with Crippen molar-refractivity contribution in [2.24, 2.45) is 0 Å². The van der Waals surface area contributed by atoms with Crippen molar-refractivity contribution < 1.29 is 0 Å². The molecule has 0 radical (unpaired) electrons. The van der Waals surface area contributed by atoms with Gasteiger partial charge in [0.05, 0.1) is 0 Å². The summed E-state index contributed by atoms with van der Waals surface area (Å²) in [7, 11) is 0. The van der Waals surface area contributed by atoms with Gasteiger partial charge in [-0.15, -0.1) is 0 Å². The quantitative estimate of drug-likeness (QED) is 0.788. The number of nitrogens with two attached hydrogens (primary N) is 1. The van der Waals surface area contributed by atoms with Crippen molar-refractivity contribution in [2.75, 3.05) is 5.73 Å². The first-order chi connectivity index (χ1) is 8.74. The minimum absolute atomic E-state index is 0.180. The van der Waals surface area contributed by atoms with E-state index in [1.54, 1.807) is 0 Å². The number of nitrogens with one attached hydrogen (secondary N) is 1. The van der Waals surface area contributed by atoms with Gasteiger partial charge in [-0.2, -0.15) is 0 Å². The Balaban J connectivity index is 1.80. The molecule has 3 N–H and O–H groups in total. The van der Waals surface area contributed by atoms with Gasteiger partial charge in [0.25, 0.3) is 5.56 Å². The van der Waals surface area contributed by atoms with Crippen LogP contribution in [0.15, 0.2) is 41.2 Å². The summed E-state index contributed by atoms with van der Waals surface area (Å²) in [4.78, 5) is 17.7. The Bertz CT molecular complexity index is 548. The summed E-state index contributed by atoms with van der Waals surface area (Å²) < 4.78 is 0. The molecule has 4 heteroatoms. The third-order valence-corrected chi connectivity index (χ3v) is 2.80. The van der Waals surface area contributed by atoms with E-state index in [9.17, 15) is 4.79 Å². The number of nitrogens with zero attached hydrogens (tertiary/aromatic N) is 1. The Labute approximate surface area is 106 Å². The van der Waals surface area contributed by atoms with Crippen LogP contribution in [-0.4, -0.2) is 9.97 Å². The zero-order valence-electron chi connectivity index (χ0n) is 10.2. The highest BCUT2D eigenvalue weighted by Gasteiger charge is 1.99. The van der Waals surface area contributed by atoms with Crippen LogP contribution in [0.4, 0.5) is 5.95 Å². The molecule has 1 aromatic carbocycles. The fraction of sp³-hybridized carbons (Fsp3) is 0.286. The molecule has 0 aliphatic carbocycles. The minimum Gasteiger partial charge on any atom is -0.369 e. The van der Waals surface area contributed by atoms with E-state index in [2.05, 4.69) is 22.1 Å². The van der Waals surface area contributed by atoms with Crippen LogP contribution in [0.3, 0.4) is 0 Å². The van der Waals surface area contributed by atoms with Crippen LogP contribution in [0.25, 0.3) is 0 Å². The van der Waals surface area contributed by atoms with Crippen molar-refractivity contribution in [3.63, 3.8) is 0 Å². The molecule has 0 aliphatic rings. The van der Waals surface area contributed by atoms with Crippen molar-refractivity contribution in [3.8, 4) is 0 Å².